The standard InChI is InChI=1S/C30H44N2O4/c1-9-11-12-13-14-27(30(4,5)6)32(31-28(33)23-17-15-22(10-2)16-18-23)29(34)24-19-25(35-7)21(3)26(20-24)36-8/h15-20,27H,9-14H2,1-8H3,(H,31,33). The van der Waals surface area contributed by atoms with Gasteiger partial charge in [0.1, 0.15) is 11.5 Å². The summed E-state index contributed by atoms with van der Waals surface area (Å²) in [6.07, 6.45) is 6.02. The fourth-order valence-corrected chi connectivity index (χ4v) is 4.40. The Kier molecular flexibility index (Phi) is 10.8. The largest absolute Gasteiger partial charge is 0.496 e. The highest BCUT2D eigenvalue weighted by Gasteiger charge is 2.35. The van der Waals surface area contributed by atoms with Gasteiger partial charge in [-0.2, -0.15) is 0 Å². The maximum Gasteiger partial charge on any atom is 0.272 e. The molecule has 6 heteroatoms. The molecule has 0 bridgehead atoms. The molecule has 0 heterocycles. The van der Waals surface area contributed by atoms with E-state index >= 15 is 0 Å². The first-order valence-electron chi connectivity index (χ1n) is 13.0. The molecule has 2 aromatic rings. The second-order valence-electron chi connectivity index (χ2n) is 10.4. The molecule has 0 aliphatic carbocycles. The van der Waals surface area contributed by atoms with Crippen LogP contribution in [0.1, 0.15) is 98.6 Å². The third-order valence-corrected chi connectivity index (χ3v) is 6.71. The summed E-state index contributed by atoms with van der Waals surface area (Å²) in [5.74, 6) is 0.532. The monoisotopic (exact) mass is 496 g/mol. The lowest BCUT2D eigenvalue weighted by molar-refractivity contribution is 0.0266. The molecule has 2 rings (SSSR count). The lowest BCUT2D eigenvalue weighted by Gasteiger charge is -2.40. The number of hydrazine groups is 1. The molecule has 1 N–H and O–H groups in total. The number of nitrogens with zero attached hydrogens (tertiary/aromatic N) is 1. The Balaban J connectivity index is 2.50. The smallest absolute Gasteiger partial charge is 0.272 e. The molecular formula is C30H44N2O4. The van der Waals surface area contributed by atoms with E-state index in [0.717, 1.165) is 49.7 Å². The van der Waals surface area contributed by atoms with Crippen LogP contribution in [0.3, 0.4) is 0 Å². The molecule has 1 unspecified atom stereocenters. The van der Waals surface area contributed by atoms with Crippen molar-refractivity contribution in [2.75, 3.05) is 14.2 Å². The minimum Gasteiger partial charge on any atom is -0.496 e. The summed E-state index contributed by atoms with van der Waals surface area (Å²) < 4.78 is 11.0. The van der Waals surface area contributed by atoms with Gasteiger partial charge in [0.2, 0.25) is 0 Å². The van der Waals surface area contributed by atoms with E-state index in [1.54, 1.807) is 26.4 Å². The van der Waals surface area contributed by atoms with E-state index in [4.69, 9.17) is 9.47 Å². The Bertz CT molecular complexity index is 984. The van der Waals surface area contributed by atoms with Crippen LogP contribution in [-0.4, -0.2) is 37.1 Å². The number of carbonyl (C=O) groups excluding carboxylic acids is 2. The van der Waals surface area contributed by atoms with E-state index in [0.29, 0.717) is 22.6 Å². The zero-order valence-electron chi connectivity index (χ0n) is 23.4. The molecule has 6 nitrogen and oxygen atoms in total. The fourth-order valence-electron chi connectivity index (χ4n) is 4.40. The van der Waals surface area contributed by atoms with Crippen LogP contribution in [0.5, 0.6) is 11.5 Å². The second-order valence-corrected chi connectivity index (χ2v) is 10.4. The van der Waals surface area contributed by atoms with Crippen molar-refractivity contribution in [2.45, 2.75) is 86.1 Å². The van der Waals surface area contributed by atoms with Crippen LogP contribution in [0.4, 0.5) is 0 Å². The minimum atomic E-state index is -0.306. The molecular weight excluding hydrogens is 452 g/mol. The fraction of sp³-hybridized carbons (Fsp3) is 0.533. The number of hydrogen-bond acceptors (Lipinski definition) is 4. The molecule has 36 heavy (non-hydrogen) atoms. The van der Waals surface area contributed by atoms with Crippen molar-refractivity contribution in [3.8, 4) is 11.5 Å². The van der Waals surface area contributed by atoms with Crippen molar-refractivity contribution in [1.29, 1.82) is 0 Å². The highest BCUT2D eigenvalue weighted by Crippen LogP contribution is 2.33. The van der Waals surface area contributed by atoms with Gasteiger partial charge in [0.05, 0.1) is 20.3 Å². The molecule has 0 spiro atoms. The van der Waals surface area contributed by atoms with Gasteiger partial charge in [-0.15, -0.1) is 0 Å². The Morgan fingerprint density at radius 2 is 1.50 bits per heavy atom. The summed E-state index contributed by atoms with van der Waals surface area (Å²) in [6.45, 7) is 12.5. The summed E-state index contributed by atoms with van der Waals surface area (Å²) >= 11 is 0. The number of methoxy groups -OCH3 is 2. The highest BCUT2D eigenvalue weighted by molar-refractivity contribution is 6.00. The molecule has 0 saturated heterocycles. The average molecular weight is 497 g/mol. The molecule has 0 radical (unpaired) electrons. The molecule has 0 saturated carbocycles. The Morgan fingerprint density at radius 3 is 1.97 bits per heavy atom. The SMILES string of the molecule is CCCCCCC(N(NC(=O)c1ccc(CC)cc1)C(=O)c1cc(OC)c(C)c(OC)c1)C(C)(C)C. The first kappa shape index (κ1) is 29.2. The quantitative estimate of drug-likeness (QED) is 0.276. The maximum absolute atomic E-state index is 14.0. The van der Waals surface area contributed by atoms with Crippen LogP contribution in [0.25, 0.3) is 0 Å². The molecule has 2 aromatic carbocycles. The summed E-state index contributed by atoms with van der Waals surface area (Å²) in [6, 6.07) is 10.7. The number of hydrogen-bond donors (Lipinski definition) is 1. The zero-order chi connectivity index (χ0) is 26.9. The average Bonchev–Trinajstić information content (AvgIpc) is 2.86. The van der Waals surface area contributed by atoms with Crippen molar-refractivity contribution in [3.63, 3.8) is 0 Å². The Labute approximate surface area is 217 Å². The summed E-state index contributed by atoms with van der Waals surface area (Å²) in [5, 5.41) is 1.53. The maximum atomic E-state index is 14.0. The van der Waals surface area contributed by atoms with Crippen molar-refractivity contribution in [3.05, 3.63) is 58.7 Å². The Hall–Kier alpha value is -3.02. The lowest BCUT2D eigenvalue weighted by atomic mass is 9.82. The first-order valence-corrected chi connectivity index (χ1v) is 13.0. The highest BCUT2D eigenvalue weighted by atomic mass is 16.5. The van der Waals surface area contributed by atoms with E-state index in [-0.39, 0.29) is 23.3 Å². The number of aryl methyl sites for hydroxylation is 1. The molecule has 0 aliphatic rings. The van der Waals surface area contributed by atoms with Crippen molar-refractivity contribution < 1.29 is 19.1 Å². The molecule has 198 valence electrons. The molecule has 2 amide bonds. The molecule has 0 aliphatic heterocycles. The lowest BCUT2D eigenvalue weighted by Crippen LogP contribution is -2.56. The number of unbranched alkanes of at least 4 members (excludes halogenated alkanes) is 3. The third-order valence-electron chi connectivity index (χ3n) is 6.71. The van der Waals surface area contributed by atoms with Gasteiger partial charge in [-0.25, -0.2) is 5.01 Å². The van der Waals surface area contributed by atoms with E-state index in [1.807, 2.05) is 31.2 Å². The first-order chi connectivity index (χ1) is 17.1. The van der Waals surface area contributed by atoms with Gasteiger partial charge < -0.3 is 9.47 Å². The van der Waals surface area contributed by atoms with Crippen molar-refractivity contribution >= 4 is 11.8 Å². The number of ether oxygens (including phenoxy) is 2. The van der Waals surface area contributed by atoms with Crippen LogP contribution in [0.15, 0.2) is 36.4 Å². The van der Waals surface area contributed by atoms with Gasteiger partial charge in [-0.1, -0.05) is 72.4 Å². The number of rotatable bonds is 11. The number of amides is 2. The van der Waals surface area contributed by atoms with Crippen molar-refractivity contribution in [2.24, 2.45) is 5.41 Å². The molecule has 0 fully saturated rings. The van der Waals surface area contributed by atoms with Gasteiger partial charge in [-0.05, 0) is 55.0 Å². The third kappa shape index (κ3) is 7.49. The normalized spacial score (nSPS) is 12.1. The predicted molar refractivity (Wildman–Crippen MR) is 146 cm³/mol. The van der Waals surface area contributed by atoms with E-state index < -0.39 is 0 Å². The number of carbonyl (C=O) groups is 2. The summed E-state index contributed by atoms with van der Waals surface area (Å²) in [7, 11) is 3.14. The van der Waals surface area contributed by atoms with Crippen LogP contribution < -0.4 is 14.9 Å². The summed E-state index contributed by atoms with van der Waals surface area (Å²) in [5.41, 5.74) is 5.59. The van der Waals surface area contributed by atoms with Crippen LogP contribution >= 0.6 is 0 Å². The number of nitrogens with one attached hydrogen (secondary N) is 1. The minimum absolute atomic E-state index is 0.209. The topological polar surface area (TPSA) is 67.9 Å². The van der Waals surface area contributed by atoms with E-state index in [9.17, 15) is 9.59 Å². The Morgan fingerprint density at radius 1 is 0.917 bits per heavy atom. The zero-order valence-corrected chi connectivity index (χ0v) is 23.4. The molecule has 0 aromatic heterocycles. The van der Waals surface area contributed by atoms with Gasteiger partial charge in [-0.3, -0.25) is 15.0 Å². The van der Waals surface area contributed by atoms with Crippen LogP contribution in [0, 0.1) is 12.3 Å². The van der Waals surface area contributed by atoms with Gasteiger partial charge >= 0.3 is 0 Å². The van der Waals surface area contributed by atoms with Gasteiger partial charge in [0.15, 0.2) is 0 Å². The van der Waals surface area contributed by atoms with Gasteiger partial charge in [0, 0.05) is 16.7 Å². The second kappa shape index (κ2) is 13.3. The molecule has 1 atom stereocenters. The van der Waals surface area contributed by atoms with Crippen LogP contribution in [0.2, 0.25) is 0 Å². The number of benzene rings is 2. The van der Waals surface area contributed by atoms with E-state index in [2.05, 4.69) is 40.0 Å². The van der Waals surface area contributed by atoms with E-state index in [1.165, 1.54) is 5.01 Å². The van der Waals surface area contributed by atoms with Gasteiger partial charge in [0.25, 0.3) is 11.8 Å². The van der Waals surface area contributed by atoms with Crippen LogP contribution in [-0.2, 0) is 6.42 Å². The summed E-state index contributed by atoms with van der Waals surface area (Å²) in [4.78, 5) is 27.4. The predicted octanol–water partition coefficient (Wildman–Crippen LogP) is 6.75. The van der Waals surface area contributed by atoms with Crippen molar-refractivity contribution in [1.82, 2.24) is 10.4 Å².